The van der Waals surface area contributed by atoms with Crippen molar-refractivity contribution in [2.45, 2.75) is 46.3 Å². The van der Waals surface area contributed by atoms with Crippen LogP contribution in [0.3, 0.4) is 0 Å². The average molecular weight is 319 g/mol. The molecule has 22 heavy (non-hydrogen) atoms. The first kappa shape index (κ1) is 21.8. The molecule has 2 saturated heterocycles. The van der Waals surface area contributed by atoms with E-state index in [1.165, 1.54) is 13.0 Å². The molecule has 2 rings (SSSR count). The predicted molar refractivity (Wildman–Crippen MR) is 92.6 cm³/mol. The van der Waals surface area contributed by atoms with Gasteiger partial charge in [0.2, 0.25) is 0 Å². The molecule has 1 unspecified atom stereocenters. The number of nitrogens with zero attached hydrogens (tertiary/aromatic N) is 2. The number of hydrogen-bond acceptors (Lipinski definition) is 5. The van der Waals surface area contributed by atoms with E-state index < -0.39 is 0 Å². The van der Waals surface area contributed by atoms with Gasteiger partial charge in [-0.05, 0) is 27.3 Å². The molecule has 0 spiro atoms. The lowest BCUT2D eigenvalue weighted by molar-refractivity contribution is 0.00465. The van der Waals surface area contributed by atoms with Crippen LogP contribution in [0.15, 0.2) is 0 Å². The van der Waals surface area contributed by atoms with Gasteiger partial charge in [0.05, 0.1) is 32.0 Å². The Labute approximate surface area is 137 Å². The van der Waals surface area contributed by atoms with Crippen LogP contribution >= 0.6 is 0 Å². The lowest BCUT2D eigenvalue weighted by atomic mass is 10.3. The molecule has 1 atom stereocenters. The quantitative estimate of drug-likeness (QED) is 0.775. The molecule has 2 aliphatic rings. The monoisotopic (exact) mass is 318 g/mol. The minimum Gasteiger partial charge on any atom is -0.382 e. The van der Waals surface area contributed by atoms with Crippen LogP contribution in [0.5, 0.6) is 0 Å². The average Bonchev–Trinajstić information content (AvgIpc) is 2.96. The third-order valence-electron chi connectivity index (χ3n) is 3.68. The molecule has 0 aromatic rings. The Morgan fingerprint density at radius 1 is 1.14 bits per heavy atom. The maximum Gasteiger partial charge on any atom is 0.0714 e. The lowest BCUT2D eigenvalue weighted by Crippen LogP contribution is -2.38. The van der Waals surface area contributed by atoms with Gasteiger partial charge >= 0.3 is 0 Å². The van der Waals surface area contributed by atoms with Gasteiger partial charge in [-0.1, -0.05) is 13.8 Å². The first-order chi connectivity index (χ1) is 10.6. The molecule has 0 aliphatic carbocycles. The number of rotatable bonds is 5. The molecule has 5 heteroatoms. The van der Waals surface area contributed by atoms with Crippen LogP contribution in [0.4, 0.5) is 0 Å². The lowest BCUT2D eigenvalue weighted by Gasteiger charge is -2.26. The van der Waals surface area contributed by atoms with Gasteiger partial charge in [0.1, 0.15) is 0 Å². The summed E-state index contributed by atoms with van der Waals surface area (Å²) in [7, 11) is 3.86. The first-order valence-corrected chi connectivity index (χ1v) is 8.75. The van der Waals surface area contributed by atoms with Crippen molar-refractivity contribution >= 4 is 0 Å². The largest absolute Gasteiger partial charge is 0.382 e. The van der Waals surface area contributed by atoms with Crippen molar-refractivity contribution < 1.29 is 14.2 Å². The summed E-state index contributed by atoms with van der Waals surface area (Å²) in [5.41, 5.74) is 0. The van der Waals surface area contributed by atoms with Crippen molar-refractivity contribution in [2.75, 3.05) is 66.7 Å². The Morgan fingerprint density at radius 3 is 2.18 bits per heavy atom. The van der Waals surface area contributed by atoms with E-state index in [9.17, 15) is 0 Å². The van der Waals surface area contributed by atoms with Crippen molar-refractivity contribution in [3.05, 3.63) is 0 Å². The molecule has 0 saturated carbocycles. The van der Waals surface area contributed by atoms with Gasteiger partial charge in [0.25, 0.3) is 0 Å². The van der Waals surface area contributed by atoms with Gasteiger partial charge in [0, 0.05) is 39.8 Å². The Morgan fingerprint density at radius 2 is 1.73 bits per heavy atom. The van der Waals surface area contributed by atoms with E-state index in [1.807, 2.05) is 27.7 Å². The van der Waals surface area contributed by atoms with E-state index in [1.54, 1.807) is 7.11 Å². The molecule has 5 nitrogen and oxygen atoms in total. The van der Waals surface area contributed by atoms with Crippen molar-refractivity contribution in [3.8, 4) is 0 Å². The molecule has 2 aliphatic heterocycles. The van der Waals surface area contributed by atoms with E-state index >= 15 is 0 Å². The molecule has 0 aromatic heterocycles. The zero-order chi connectivity index (χ0) is 16.8. The van der Waals surface area contributed by atoms with Crippen molar-refractivity contribution in [2.24, 2.45) is 0 Å². The molecule has 0 aromatic carbocycles. The minimum absolute atomic E-state index is 0.384. The highest BCUT2D eigenvalue weighted by atomic mass is 16.5. The Balaban J connectivity index is 0.000000540. The summed E-state index contributed by atoms with van der Waals surface area (Å²) in [4.78, 5) is 4.75. The highest BCUT2D eigenvalue weighted by Crippen LogP contribution is 2.10. The third-order valence-corrected chi connectivity index (χ3v) is 3.68. The summed E-state index contributed by atoms with van der Waals surface area (Å²) in [5, 5.41) is 0. The van der Waals surface area contributed by atoms with Gasteiger partial charge < -0.3 is 19.1 Å². The number of ether oxygens (including phenoxy) is 3. The number of likely N-dealkylation sites (tertiary alicyclic amines) is 1. The van der Waals surface area contributed by atoms with Crippen LogP contribution in [0.2, 0.25) is 0 Å². The number of hydrogen-bond donors (Lipinski definition) is 0. The number of likely N-dealkylation sites (N-methyl/N-ethyl adjacent to an activating group) is 1. The Bertz CT molecular complexity index is 229. The van der Waals surface area contributed by atoms with E-state index in [4.69, 9.17) is 14.2 Å². The zero-order valence-electron chi connectivity index (χ0n) is 15.6. The second kappa shape index (κ2) is 14.4. The van der Waals surface area contributed by atoms with Crippen LogP contribution in [-0.4, -0.2) is 88.7 Å². The van der Waals surface area contributed by atoms with Crippen LogP contribution < -0.4 is 0 Å². The third kappa shape index (κ3) is 11.4. The summed E-state index contributed by atoms with van der Waals surface area (Å²) in [6.07, 6.45) is 2.05. The molecule has 0 bridgehead atoms. The molecule has 2 heterocycles. The van der Waals surface area contributed by atoms with Gasteiger partial charge in [-0.3, -0.25) is 4.90 Å². The number of morpholine rings is 1. The summed E-state index contributed by atoms with van der Waals surface area (Å²) >= 11 is 0. The van der Waals surface area contributed by atoms with Gasteiger partial charge in [-0.25, -0.2) is 0 Å². The second-order valence-corrected chi connectivity index (χ2v) is 5.78. The maximum atomic E-state index is 5.85. The number of methoxy groups -OCH3 is 1. The topological polar surface area (TPSA) is 34.2 Å². The zero-order valence-corrected chi connectivity index (χ0v) is 15.6. The predicted octanol–water partition coefficient (Wildman–Crippen LogP) is 2.11. The summed E-state index contributed by atoms with van der Waals surface area (Å²) in [6, 6.07) is 0. The van der Waals surface area contributed by atoms with Crippen LogP contribution in [0.1, 0.15) is 34.1 Å². The summed E-state index contributed by atoms with van der Waals surface area (Å²) in [5.74, 6) is 0. The second-order valence-electron chi connectivity index (χ2n) is 5.78. The fraction of sp³-hybridized carbons (Fsp3) is 1.00. The SMILES string of the molecule is CC.CN1CCC(OCCN2CCOCC2)C1.COC(C)C. The van der Waals surface area contributed by atoms with E-state index in [0.29, 0.717) is 12.2 Å². The van der Waals surface area contributed by atoms with E-state index in [-0.39, 0.29) is 0 Å². The standard InChI is InChI=1S/C11H22N2O2.C4H10O.C2H6/c1-12-3-2-11(10-12)15-9-6-13-4-7-14-8-5-13;1-4(2)5-3;1-2/h11H,2-10H2,1H3;4H,1-3H3;1-2H3. The molecule has 2 fully saturated rings. The van der Waals surface area contributed by atoms with Gasteiger partial charge in [-0.15, -0.1) is 0 Å². The fourth-order valence-corrected chi connectivity index (χ4v) is 2.20. The van der Waals surface area contributed by atoms with Crippen LogP contribution in [-0.2, 0) is 14.2 Å². The van der Waals surface area contributed by atoms with Crippen molar-refractivity contribution in [3.63, 3.8) is 0 Å². The van der Waals surface area contributed by atoms with Gasteiger partial charge in [-0.2, -0.15) is 0 Å². The van der Waals surface area contributed by atoms with E-state index in [2.05, 4.69) is 16.8 Å². The Hall–Kier alpha value is -0.200. The normalized spacial score (nSPS) is 22.8. The summed E-state index contributed by atoms with van der Waals surface area (Å²) < 4.78 is 15.9. The highest BCUT2D eigenvalue weighted by Gasteiger charge is 2.20. The van der Waals surface area contributed by atoms with Crippen molar-refractivity contribution in [1.82, 2.24) is 9.80 Å². The first-order valence-electron chi connectivity index (χ1n) is 8.75. The molecular formula is C17H38N2O3. The van der Waals surface area contributed by atoms with Crippen LogP contribution in [0, 0.1) is 0 Å². The molecule has 134 valence electrons. The molecule has 0 radical (unpaired) electrons. The van der Waals surface area contributed by atoms with Gasteiger partial charge in [0.15, 0.2) is 0 Å². The maximum absolute atomic E-state index is 5.85. The van der Waals surface area contributed by atoms with Crippen molar-refractivity contribution in [1.29, 1.82) is 0 Å². The summed E-state index contributed by atoms with van der Waals surface area (Å²) in [6.45, 7) is 16.1. The van der Waals surface area contributed by atoms with E-state index in [0.717, 1.165) is 46.0 Å². The molecular weight excluding hydrogens is 280 g/mol. The smallest absolute Gasteiger partial charge is 0.0714 e. The van der Waals surface area contributed by atoms with Crippen LogP contribution in [0.25, 0.3) is 0 Å². The Kier molecular flexibility index (Phi) is 14.3. The molecule has 0 N–H and O–H groups in total. The molecule has 0 amide bonds. The minimum atomic E-state index is 0.384. The fourth-order valence-electron chi connectivity index (χ4n) is 2.20. The highest BCUT2D eigenvalue weighted by molar-refractivity contribution is 4.73.